The molecule has 0 aliphatic carbocycles. The molecule has 1 aromatic rings. The number of aliphatic carboxylic acids is 1. The molecule has 0 unspecified atom stereocenters. The van der Waals surface area contributed by atoms with Crippen LogP contribution in [0, 0.1) is 0 Å². The Balaban J connectivity index is 2.83. The van der Waals surface area contributed by atoms with Gasteiger partial charge in [0.05, 0.1) is 12.8 Å². The minimum Gasteiger partial charge on any atom is -0.480 e. The predicted molar refractivity (Wildman–Crippen MR) is 61.1 cm³/mol. The van der Waals surface area contributed by atoms with Gasteiger partial charge < -0.3 is 9.52 Å². The summed E-state index contributed by atoms with van der Waals surface area (Å²) in [6, 6.07) is 3.66. The summed E-state index contributed by atoms with van der Waals surface area (Å²) in [5.74, 6) is 0.0154. The van der Waals surface area contributed by atoms with Crippen molar-refractivity contribution in [2.75, 3.05) is 7.05 Å². The molecule has 90 valence electrons. The van der Waals surface area contributed by atoms with Crippen LogP contribution in [0.15, 0.2) is 22.8 Å². The molecule has 1 aromatic heterocycles. The first-order valence-electron chi connectivity index (χ1n) is 5.53. The van der Waals surface area contributed by atoms with Gasteiger partial charge in [-0.1, -0.05) is 13.8 Å². The Morgan fingerprint density at radius 3 is 2.50 bits per heavy atom. The average molecular weight is 225 g/mol. The van der Waals surface area contributed by atoms with E-state index in [2.05, 4.69) is 0 Å². The van der Waals surface area contributed by atoms with E-state index >= 15 is 0 Å². The highest BCUT2D eigenvalue weighted by molar-refractivity contribution is 5.78. The van der Waals surface area contributed by atoms with E-state index in [1.165, 1.54) is 0 Å². The number of carbonyl (C=O) groups is 1. The third kappa shape index (κ3) is 2.27. The molecule has 0 spiro atoms. The van der Waals surface area contributed by atoms with E-state index in [1.807, 2.05) is 37.9 Å². The number of furan rings is 1. The van der Waals surface area contributed by atoms with Crippen molar-refractivity contribution in [1.29, 1.82) is 0 Å². The molecule has 0 bridgehead atoms. The van der Waals surface area contributed by atoms with Gasteiger partial charge in [-0.05, 0) is 32.0 Å². The van der Waals surface area contributed by atoms with Crippen LogP contribution >= 0.6 is 0 Å². The van der Waals surface area contributed by atoms with Gasteiger partial charge in [0.15, 0.2) is 0 Å². The number of likely N-dealkylation sites (N-methyl/N-ethyl adjacent to an activating group) is 1. The van der Waals surface area contributed by atoms with Crippen LogP contribution in [-0.4, -0.2) is 28.6 Å². The molecule has 0 fully saturated rings. The Kier molecular flexibility index (Phi) is 4.12. The molecule has 1 heterocycles. The van der Waals surface area contributed by atoms with E-state index < -0.39 is 11.5 Å². The van der Waals surface area contributed by atoms with Crippen molar-refractivity contribution in [3.05, 3.63) is 24.2 Å². The molecule has 0 saturated carbocycles. The predicted octanol–water partition coefficient (Wildman–Crippen LogP) is 2.35. The lowest BCUT2D eigenvalue weighted by Crippen LogP contribution is -2.51. The van der Waals surface area contributed by atoms with Crippen molar-refractivity contribution in [2.24, 2.45) is 0 Å². The molecule has 4 nitrogen and oxygen atoms in total. The highest BCUT2D eigenvalue weighted by atomic mass is 16.4. The topological polar surface area (TPSA) is 53.7 Å². The fourth-order valence-electron chi connectivity index (χ4n) is 2.04. The zero-order valence-corrected chi connectivity index (χ0v) is 10.1. The second kappa shape index (κ2) is 5.16. The van der Waals surface area contributed by atoms with Crippen LogP contribution in [0.25, 0.3) is 0 Å². The van der Waals surface area contributed by atoms with Gasteiger partial charge in [-0.25, -0.2) is 0 Å². The van der Waals surface area contributed by atoms with Gasteiger partial charge in [0.2, 0.25) is 0 Å². The van der Waals surface area contributed by atoms with Crippen LogP contribution < -0.4 is 0 Å². The second-order valence-corrected chi connectivity index (χ2v) is 3.98. The molecule has 1 rings (SSSR count). The fraction of sp³-hybridized carbons (Fsp3) is 0.583. The van der Waals surface area contributed by atoms with Gasteiger partial charge in [0, 0.05) is 0 Å². The van der Waals surface area contributed by atoms with Crippen LogP contribution in [0.5, 0.6) is 0 Å². The summed E-state index contributed by atoms with van der Waals surface area (Å²) in [4.78, 5) is 13.2. The van der Waals surface area contributed by atoms with Crippen LogP contribution in [0.3, 0.4) is 0 Å². The van der Waals surface area contributed by atoms with E-state index in [4.69, 9.17) is 4.42 Å². The minimum atomic E-state index is -0.799. The van der Waals surface area contributed by atoms with E-state index in [0.717, 1.165) is 5.76 Å². The average Bonchev–Trinajstić information content (AvgIpc) is 2.72. The van der Waals surface area contributed by atoms with Gasteiger partial charge >= 0.3 is 5.97 Å². The lowest BCUT2D eigenvalue weighted by atomic mass is 9.91. The van der Waals surface area contributed by atoms with Gasteiger partial charge in [0.1, 0.15) is 11.3 Å². The summed E-state index contributed by atoms with van der Waals surface area (Å²) in [5, 5.41) is 9.35. The maximum Gasteiger partial charge on any atom is 0.324 e. The SMILES string of the molecule is CCC(CC)(C(=O)O)N(C)Cc1ccco1. The van der Waals surface area contributed by atoms with E-state index in [-0.39, 0.29) is 0 Å². The number of carboxylic acids is 1. The first-order valence-corrected chi connectivity index (χ1v) is 5.53. The number of nitrogens with zero attached hydrogens (tertiary/aromatic N) is 1. The lowest BCUT2D eigenvalue weighted by molar-refractivity contribution is -0.152. The second-order valence-electron chi connectivity index (χ2n) is 3.98. The Hall–Kier alpha value is -1.29. The van der Waals surface area contributed by atoms with Crippen molar-refractivity contribution >= 4 is 5.97 Å². The third-order valence-electron chi connectivity index (χ3n) is 3.27. The monoisotopic (exact) mass is 225 g/mol. The summed E-state index contributed by atoms with van der Waals surface area (Å²) in [6.07, 6.45) is 2.76. The number of hydrogen-bond donors (Lipinski definition) is 1. The third-order valence-corrected chi connectivity index (χ3v) is 3.27. The quantitative estimate of drug-likeness (QED) is 0.807. The van der Waals surface area contributed by atoms with E-state index in [0.29, 0.717) is 19.4 Å². The van der Waals surface area contributed by atoms with Crippen LogP contribution in [0.4, 0.5) is 0 Å². The first-order chi connectivity index (χ1) is 7.56. The lowest BCUT2D eigenvalue weighted by Gasteiger charge is -2.36. The maximum absolute atomic E-state index is 11.4. The Morgan fingerprint density at radius 2 is 2.12 bits per heavy atom. The van der Waals surface area contributed by atoms with Crippen molar-refractivity contribution in [3.63, 3.8) is 0 Å². The van der Waals surface area contributed by atoms with E-state index in [1.54, 1.807) is 6.26 Å². The van der Waals surface area contributed by atoms with Crippen molar-refractivity contribution in [1.82, 2.24) is 4.90 Å². The zero-order valence-electron chi connectivity index (χ0n) is 10.1. The molecule has 0 aromatic carbocycles. The normalized spacial score (nSPS) is 12.0. The largest absolute Gasteiger partial charge is 0.480 e. The summed E-state index contributed by atoms with van der Waals surface area (Å²) in [5.41, 5.74) is -0.799. The fourth-order valence-corrected chi connectivity index (χ4v) is 2.04. The van der Waals surface area contributed by atoms with Gasteiger partial charge in [0.25, 0.3) is 0 Å². The molecule has 16 heavy (non-hydrogen) atoms. The number of carboxylic acid groups (broad SMARTS) is 1. The smallest absolute Gasteiger partial charge is 0.324 e. The summed E-state index contributed by atoms with van der Waals surface area (Å²) in [6.45, 7) is 4.31. The van der Waals surface area contributed by atoms with Crippen LogP contribution in [0.1, 0.15) is 32.4 Å². The van der Waals surface area contributed by atoms with Crippen molar-refractivity contribution in [2.45, 2.75) is 38.8 Å². The summed E-state index contributed by atoms with van der Waals surface area (Å²) in [7, 11) is 1.82. The summed E-state index contributed by atoms with van der Waals surface area (Å²) >= 11 is 0. The molecule has 0 atom stereocenters. The van der Waals surface area contributed by atoms with Gasteiger partial charge in [-0.2, -0.15) is 0 Å². The van der Waals surface area contributed by atoms with Crippen LogP contribution in [0.2, 0.25) is 0 Å². The minimum absolute atomic E-state index is 0.515. The number of rotatable bonds is 6. The van der Waals surface area contributed by atoms with Crippen LogP contribution in [-0.2, 0) is 11.3 Å². The molecule has 0 radical (unpaired) electrons. The Labute approximate surface area is 95.9 Å². The molecular weight excluding hydrogens is 206 g/mol. The van der Waals surface area contributed by atoms with Crippen molar-refractivity contribution < 1.29 is 14.3 Å². The molecule has 4 heteroatoms. The molecule has 0 amide bonds. The molecule has 0 aliphatic heterocycles. The van der Waals surface area contributed by atoms with E-state index in [9.17, 15) is 9.90 Å². The van der Waals surface area contributed by atoms with Gasteiger partial charge in [-0.15, -0.1) is 0 Å². The number of hydrogen-bond acceptors (Lipinski definition) is 3. The highest BCUT2D eigenvalue weighted by Crippen LogP contribution is 2.24. The standard InChI is InChI=1S/C12H19NO3/c1-4-12(5-2,11(14)15)13(3)9-10-7-6-8-16-10/h6-8H,4-5,9H2,1-3H3,(H,14,15). The molecule has 1 N–H and O–H groups in total. The molecular formula is C12H19NO3. The van der Waals surface area contributed by atoms with Gasteiger partial charge in [-0.3, -0.25) is 9.69 Å². The first kappa shape index (κ1) is 12.8. The molecule has 0 aliphatic rings. The summed E-state index contributed by atoms with van der Waals surface area (Å²) < 4.78 is 5.23. The highest BCUT2D eigenvalue weighted by Gasteiger charge is 2.39. The maximum atomic E-state index is 11.4. The molecule has 0 saturated heterocycles. The Bertz CT molecular complexity index is 328. The zero-order chi connectivity index (χ0) is 12.2. The Morgan fingerprint density at radius 1 is 1.50 bits per heavy atom. The van der Waals surface area contributed by atoms with Crippen molar-refractivity contribution in [3.8, 4) is 0 Å².